The summed E-state index contributed by atoms with van der Waals surface area (Å²) in [5, 5.41) is 4.54. The molecule has 0 radical (unpaired) electrons. The van der Waals surface area contributed by atoms with Crippen molar-refractivity contribution in [2.75, 3.05) is 0 Å². The maximum absolute atomic E-state index is 12.3. The molecule has 0 atom stereocenters. The van der Waals surface area contributed by atoms with Crippen molar-refractivity contribution in [3.8, 4) is 11.3 Å². The Balaban J connectivity index is 2.58. The second-order valence-electron chi connectivity index (χ2n) is 5.46. The molecule has 2 N–H and O–H groups in total. The highest BCUT2D eigenvalue weighted by Crippen LogP contribution is 2.22. The van der Waals surface area contributed by atoms with Crippen LogP contribution in [0.25, 0.3) is 11.3 Å². The highest BCUT2D eigenvalue weighted by molar-refractivity contribution is 5.64. The molecule has 0 aliphatic rings. The number of aryl methyl sites for hydroxylation is 3. The highest BCUT2D eigenvalue weighted by atomic mass is 16.1. The molecule has 112 valence electrons. The lowest BCUT2D eigenvalue weighted by molar-refractivity contribution is 0.540. The Kier molecular flexibility index (Phi) is 4.91. The molecule has 0 saturated heterocycles. The fourth-order valence-electron chi connectivity index (χ4n) is 2.35. The van der Waals surface area contributed by atoms with Gasteiger partial charge >= 0.3 is 0 Å². The second kappa shape index (κ2) is 6.68. The van der Waals surface area contributed by atoms with E-state index in [2.05, 4.69) is 44.1 Å². The minimum Gasteiger partial charge on any atom is -0.326 e. The van der Waals surface area contributed by atoms with Gasteiger partial charge in [-0.25, -0.2) is 4.68 Å². The molecule has 2 aromatic rings. The van der Waals surface area contributed by atoms with E-state index < -0.39 is 0 Å². The van der Waals surface area contributed by atoms with E-state index in [0.717, 1.165) is 29.7 Å². The molecule has 0 fully saturated rings. The molecule has 1 heterocycles. The molecule has 2 rings (SSSR count). The Bertz CT molecular complexity index is 689. The zero-order valence-electron chi connectivity index (χ0n) is 13.0. The number of hydrogen-bond donors (Lipinski definition) is 1. The fraction of sp³-hybridized carbons (Fsp3) is 0.412. The maximum atomic E-state index is 12.3. The Morgan fingerprint density at radius 2 is 2.00 bits per heavy atom. The summed E-state index contributed by atoms with van der Waals surface area (Å²) >= 11 is 0. The Hall–Kier alpha value is -1.94. The van der Waals surface area contributed by atoms with Gasteiger partial charge in [0.05, 0.1) is 5.69 Å². The second-order valence-corrected chi connectivity index (χ2v) is 5.46. The van der Waals surface area contributed by atoms with Crippen LogP contribution in [0.4, 0.5) is 0 Å². The molecule has 0 saturated carbocycles. The number of unbranched alkanes of at least 4 members (excludes halogenated alkanes) is 1. The van der Waals surface area contributed by atoms with Crippen molar-refractivity contribution in [3.05, 3.63) is 51.3 Å². The predicted molar refractivity (Wildman–Crippen MR) is 86.2 cm³/mol. The van der Waals surface area contributed by atoms with E-state index in [1.165, 1.54) is 5.56 Å². The van der Waals surface area contributed by atoms with Crippen molar-refractivity contribution in [1.29, 1.82) is 0 Å². The Morgan fingerprint density at radius 1 is 1.24 bits per heavy atom. The fourth-order valence-corrected chi connectivity index (χ4v) is 2.35. The molecular weight excluding hydrogens is 262 g/mol. The number of nitrogens with zero attached hydrogens (tertiary/aromatic N) is 2. The van der Waals surface area contributed by atoms with Gasteiger partial charge in [0.15, 0.2) is 0 Å². The molecule has 21 heavy (non-hydrogen) atoms. The summed E-state index contributed by atoms with van der Waals surface area (Å²) in [4.78, 5) is 12.3. The van der Waals surface area contributed by atoms with E-state index in [-0.39, 0.29) is 12.1 Å². The van der Waals surface area contributed by atoms with Gasteiger partial charge < -0.3 is 5.73 Å². The minimum atomic E-state index is -0.0694. The van der Waals surface area contributed by atoms with Crippen molar-refractivity contribution >= 4 is 0 Å². The molecule has 0 aliphatic heterocycles. The average molecular weight is 285 g/mol. The number of hydrogen-bond acceptors (Lipinski definition) is 3. The number of rotatable bonds is 5. The topological polar surface area (TPSA) is 60.9 Å². The monoisotopic (exact) mass is 285 g/mol. The Labute approximate surface area is 125 Å². The van der Waals surface area contributed by atoms with Crippen LogP contribution in [0.15, 0.2) is 29.1 Å². The summed E-state index contributed by atoms with van der Waals surface area (Å²) in [5.41, 5.74) is 10.5. The third-order valence-electron chi connectivity index (χ3n) is 3.66. The smallest absolute Gasteiger partial charge is 0.271 e. The van der Waals surface area contributed by atoms with Crippen LogP contribution in [0.5, 0.6) is 0 Å². The largest absolute Gasteiger partial charge is 0.326 e. The van der Waals surface area contributed by atoms with Crippen molar-refractivity contribution < 1.29 is 0 Å². The summed E-state index contributed by atoms with van der Waals surface area (Å²) in [6, 6.07) is 8.09. The lowest BCUT2D eigenvalue weighted by Gasteiger charge is -2.12. The van der Waals surface area contributed by atoms with Gasteiger partial charge in [-0.05, 0) is 38.0 Å². The lowest BCUT2D eigenvalue weighted by atomic mass is 10.0. The van der Waals surface area contributed by atoms with Gasteiger partial charge in [0.1, 0.15) is 0 Å². The van der Waals surface area contributed by atoms with Crippen LogP contribution in [-0.4, -0.2) is 9.78 Å². The summed E-state index contributed by atoms with van der Waals surface area (Å²) in [6.07, 6.45) is 1.97. The first-order valence-electron chi connectivity index (χ1n) is 7.45. The van der Waals surface area contributed by atoms with E-state index in [4.69, 9.17) is 5.73 Å². The van der Waals surface area contributed by atoms with Gasteiger partial charge in [-0.15, -0.1) is 0 Å². The molecule has 0 amide bonds. The van der Waals surface area contributed by atoms with Crippen molar-refractivity contribution in [3.63, 3.8) is 0 Å². The van der Waals surface area contributed by atoms with Crippen LogP contribution in [0.1, 0.15) is 36.5 Å². The zero-order valence-corrected chi connectivity index (χ0v) is 13.0. The first kappa shape index (κ1) is 15.4. The van der Waals surface area contributed by atoms with E-state index >= 15 is 0 Å². The van der Waals surface area contributed by atoms with Gasteiger partial charge in [0.25, 0.3) is 5.56 Å². The average Bonchev–Trinajstić information content (AvgIpc) is 2.48. The molecule has 1 aromatic carbocycles. The summed E-state index contributed by atoms with van der Waals surface area (Å²) in [5.74, 6) is 0. The van der Waals surface area contributed by atoms with Gasteiger partial charge in [-0.2, -0.15) is 5.10 Å². The standard InChI is InChI=1S/C17H23N3O/c1-4-5-8-20-17(21)14(11-18)10-16(19-20)15-9-12(2)6-7-13(15)3/h6-7,9-10H,4-5,8,11,18H2,1-3H3. The molecule has 0 unspecified atom stereocenters. The van der Waals surface area contributed by atoms with Crippen molar-refractivity contribution in [1.82, 2.24) is 9.78 Å². The number of benzene rings is 1. The van der Waals surface area contributed by atoms with Gasteiger partial charge in [0, 0.05) is 24.2 Å². The van der Waals surface area contributed by atoms with Crippen LogP contribution < -0.4 is 11.3 Å². The van der Waals surface area contributed by atoms with Crippen LogP contribution in [0.3, 0.4) is 0 Å². The first-order chi connectivity index (χ1) is 10.1. The molecule has 4 nitrogen and oxygen atoms in total. The quantitative estimate of drug-likeness (QED) is 0.919. The zero-order chi connectivity index (χ0) is 15.4. The van der Waals surface area contributed by atoms with Crippen LogP contribution in [0.2, 0.25) is 0 Å². The third kappa shape index (κ3) is 3.39. The molecule has 0 aliphatic carbocycles. The van der Waals surface area contributed by atoms with Crippen molar-refractivity contribution in [2.24, 2.45) is 5.73 Å². The lowest BCUT2D eigenvalue weighted by Crippen LogP contribution is -2.28. The van der Waals surface area contributed by atoms with Gasteiger partial charge in [0.2, 0.25) is 0 Å². The predicted octanol–water partition coefficient (Wildman–Crippen LogP) is 2.79. The van der Waals surface area contributed by atoms with Gasteiger partial charge in [-0.1, -0.05) is 31.0 Å². The third-order valence-corrected chi connectivity index (χ3v) is 3.66. The van der Waals surface area contributed by atoms with Gasteiger partial charge in [-0.3, -0.25) is 4.79 Å². The summed E-state index contributed by atoms with van der Waals surface area (Å²) in [7, 11) is 0. The van der Waals surface area contributed by atoms with E-state index in [9.17, 15) is 4.79 Å². The summed E-state index contributed by atoms with van der Waals surface area (Å²) in [6.45, 7) is 7.09. The highest BCUT2D eigenvalue weighted by Gasteiger charge is 2.10. The first-order valence-corrected chi connectivity index (χ1v) is 7.45. The van der Waals surface area contributed by atoms with Crippen LogP contribution >= 0.6 is 0 Å². The Morgan fingerprint density at radius 3 is 2.67 bits per heavy atom. The minimum absolute atomic E-state index is 0.0694. The summed E-state index contributed by atoms with van der Waals surface area (Å²) < 4.78 is 1.56. The SMILES string of the molecule is CCCCn1nc(-c2cc(C)ccc2C)cc(CN)c1=O. The normalized spacial score (nSPS) is 10.9. The number of nitrogens with two attached hydrogens (primary N) is 1. The molecule has 0 spiro atoms. The molecule has 1 aromatic heterocycles. The van der Waals surface area contributed by atoms with Crippen LogP contribution in [0, 0.1) is 13.8 Å². The van der Waals surface area contributed by atoms with E-state index in [0.29, 0.717) is 12.1 Å². The molecular formula is C17H23N3O. The van der Waals surface area contributed by atoms with E-state index in [1.807, 2.05) is 6.07 Å². The molecule has 4 heteroatoms. The molecule has 0 bridgehead atoms. The van der Waals surface area contributed by atoms with Crippen molar-refractivity contribution in [2.45, 2.75) is 46.7 Å². The number of aromatic nitrogens is 2. The maximum Gasteiger partial charge on any atom is 0.271 e. The van der Waals surface area contributed by atoms with Crippen LogP contribution in [-0.2, 0) is 13.1 Å². The van der Waals surface area contributed by atoms with E-state index in [1.54, 1.807) is 4.68 Å².